The van der Waals surface area contributed by atoms with Crippen LogP contribution in [0.3, 0.4) is 0 Å². The van der Waals surface area contributed by atoms with Crippen molar-refractivity contribution in [1.29, 1.82) is 0 Å². The number of benzene rings is 1. The zero-order valence-electron chi connectivity index (χ0n) is 7.60. The molecule has 5 nitrogen and oxygen atoms in total. The number of rotatable bonds is 3. The fraction of sp³-hybridized carbons (Fsp3) is 0.250. The van der Waals surface area contributed by atoms with E-state index in [4.69, 9.17) is 15.0 Å². The third-order valence-corrected chi connectivity index (χ3v) is 2.44. The van der Waals surface area contributed by atoms with Crippen molar-refractivity contribution in [2.45, 2.75) is 11.8 Å². The Hall–Kier alpha value is -1.27. The second-order valence-corrected chi connectivity index (χ2v) is 4.00. The summed E-state index contributed by atoms with van der Waals surface area (Å²) in [4.78, 5) is -0.270. The maximum atomic E-state index is 10.9. The molecule has 0 atom stereocenters. The van der Waals surface area contributed by atoms with Gasteiger partial charge in [0.2, 0.25) is 0 Å². The highest BCUT2D eigenvalue weighted by Crippen LogP contribution is 2.25. The van der Waals surface area contributed by atoms with Crippen molar-refractivity contribution >= 4 is 15.8 Å². The molecule has 6 heteroatoms. The number of nitrogens with two attached hydrogens (primary N) is 1. The van der Waals surface area contributed by atoms with Gasteiger partial charge in [-0.2, -0.15) is 8.42 Å². The van der Waals surface area contributed by atoms with E-state index in [0.717, 1.165) is 0 Å². The molecule has 3 N–H and O–H groups in total. The van der Waals surface area contributed by atoms with E-state index in [1.165, 1.54) is 18.2 Å². The molecule has 0 spiro atoms. The number of nitrogen functional groups attached to an aromatic ring is 1. The first-order chi connectivity index (χ1) is 6.45. The van der Waals surface area contributed by atoms with Gasteiger partial charge in [-0.1, -0.05) is 0 Å². The number of ether oxygens (including phenoxy) is 1. The summed E-state index contributed by atoms with van der Waals surface area (Å²) >= 11 is 0. The minimum atomic E-state index is -4.25. The maximum Gasteiger partial charge on any atom is 0.298 e. The zero-order chi connectivity index (χ0) is 10.8. The van der Waals surface area contributed by atoms with E-state index >= 15 is 0 Å². The monoisotopic (exact) mass is 217 g/mol. The Balaban J connectivity index is 3.29. The van der Waals surface area contributed by atoms with Crippen LogP contribution in [0.15, 0.2) is 23.1 Å². The molecule has 0 unspecified atom stereocenters. The van der Waals surface area contributed by atoms with Gasteiger partial charge in [0.15, 0.2) is 0 Å². The summed E-state index contributed by atoms with van der Waals surface area (Å²) in [7, 11) is -4.25. The summed E-state index contributed by atoms with van der Waals surface area (Å²) in [5.74, 6) is 0.0648. The maximum absolute atomic E-state index is 10.9. The zero-order valence-corrected chi connectivity index (χ0v) is 8.41. The van der Waals surface area contributed by atoms with E-state index in [9.17, 15) is 8.42 Å². The van der Waals surface area contributed by atoms with Crippen molar-refractivity contribution in [3.8, 4) is 5.75 Å². The van der Waals surface area contributed by atoms with Crippen molar-refractivity contribution < 1.29 is 17.7 Å². The van der Waals surface area contributed by atoms with E-state index in [-0.39, 0.29) is 10.6 Å². The van der Waals surface area contributed by atoms with Crippen molar-refractivity contribution in [2.75, 3.05) is 12.3 Å². The summed E-state index contributed by atoms with van der Waals surface area (Å²) in [5, 5.41) is 0. The molecule has 0 aromatic heterocycles. The lowest BCUT2D eigenvalue weighted by molar-refractivity contribution is 0.329. The smallest absolute Gasteiger partial charge is 0.298 e. The van der Waals surface area contributed by atoms with E-state index < -0.39 is 10.1 Å². The quantitative estimate of drug-likeness (QED) is 0.580. The molecular formula is C8H11NO4S. The minimum Gasteiger partial charge on any atom is -0.492 e. The van der Waals surface area contributed by atoms with E-state index in [1.807, 2.05) is 0 Å². The van der Waals surface area contributed by atoms with Gasteiger partial charge >= 0.3 is 0 Å². The van der Waals surface area contributed by atoms with Crippen LogP contribution in [0.1, 0.15) is 6.92 Å². The van der Waals surface area contributed by atoms with Crippen LogP contribution in [-0.2, 0) is 10.1 Å². The molecule has 0 radical (unpaired) electrons. The summed E-state index contributed by atoms with van der Waals surface area (Å²) in [6, 6.07) is 3.94. The second kappa shape index (κ2) is 3.85. The van der Waals surface area contributed by atoms with Crippen molar-refractivity contribution in [3.05, 3.63) is 18.2 Å². The van der Waals surface area contributed by atoms with Crippen LogP contribution in [-0.4, -0.2) is 19.6 Å². The Labute approximate surface area is 82.2 Å². The highest BCUT2D eigenvalue weighted by Gasteiger charge is 2.16. The summed E-state index contributed by atoms with van der Waals surface area (Å²) < 4.78 is 35.6. The van der Waals surface area contributed by atoms with Crippen LogP contribution in [0, 0.1) is 0 Å². The second-order valence-electron chi connectivity index (χ2n) is 2.61. The Kier molecular flexibility index (Phi) is 2.97. The van der Waals surface area contributed by atoms with Gasteiger partial charge in [-0.05, 0) is 19.1 Å². The first kappa shape index (κ1) is 10.8. The van der Waals surface area contributed by atoms with Gasteiger partial charge in [-0.25, -0.2) is 0 Å². The van der Waals surface area contributed by atoms with Crippen LogP contribution in [0.4, 0.5) is 5.69 Å². The average molecular weight is 217 g/mol. The molecule has 1 aromatic rings. The molecule has 1 aromatic carbocycles. The Morgan fingerprint density at radius 2 is 2.14 bits per heavy atom. The molecule has 14 heavy (non-hydrogen) atoms. The van der Waals surface area contributed by atoms with Gasteiger partial charge in [0, 0.05) is 11.8 Å². The number of hydrogen-bond donors (Lipinski definition) is 2. The number of hydrogen-bond acceptors (Lipinski definition) is 4. The van der Waals surface area contributed by atoms with Crippen LogP contribution in [0.2, 0.25) is 0 Å². The summed E-state index contributed by atoms with van der Waals surface area (Å²) in [6.45, 7) is 2.00. The molecule has 0 aliphatic carbocycles. The molecule has 0 aliphatic rings. The van der Waals surface area contributed by atoms with Crippen LogP contribution < -0.4 is 10.5 Å². The van der Waals surface area contributed by atoms with Gasteiger partial charge in [-0.15, -0.1) is 0 Å². The van der Waals surface area contributed by atoms with E-state index in [2.05, 4.69) is 0 Å². The Morgan fingerprint density at radius 3 is 2.64 bits per heavy atom. The van der Waals surface area contributed by atoms with Crippen LogP contribution in [0.25, 0.3) is 0 Å². The largest absolute Gasteiger partial charge is 0.492 e. The lowest BCUT2D eigenvalue weighted by Crippen LogP contribution is -2.04. The molecule has 0 saturated carbocycles. The lowest BCUT2D eigenvalue weighted by atomic mass is 10.3. The third kappa shape index (κ3) is 2.36. The normalized spacial score (nSPS) is 11.3. The topological polar surface area (TPSA) is 89.6 Å². The minimum absolute atomic E-state index is 0.0648. The highest BCUT2D eigenvalue weighted by atomic mass is 32.2. The summed E-state index contributed by atoms with van der Waals surface area (Å²) in [5.41, 5.74) is 5.82. The SMILES string of the molecule is CCOc1cc(N)ccc1S(=O)(=O)O. The molecule has 0 heterocycles. The van der Waals surface area contributed by atoms with Gasteiger partial charge < -0.3 is 10.5 Å². The van der Waals surface area contributed by atoms with Gasteiger partial charge in [0.25, 0.3) is 10.1 Å². The molecule has 0 aliphatic heterocycles. The van der Waals surface area contributed by atoms with Gasteiger partial charge in [0.1, 0.15) is 10.6 Å². The average Bonchev–Trinajstić information content (AvgIpc) is 2.02. The molecular weight excluding hydrogens is 206 g/mol. The predicted octanol–water partition coefficient (Wildman–Crippen LogP) is 0.914. The molecule has 1 rings (SSSR count). The predicted molar refractivity (Wildman–Crippen MR) is 51.8 cm³/mol. The third-order valence-electron chi connectivity index (χ3n) is 1.55. The molecule has 0 bridgehead atoms. The summed E-state index contributed by atoms with van der Waals surface area (Å²) in [6.07, 6.45) is 0. The fourth-order valence-corrected chi connectivity index (χ4v) is 1.62. The lowest BCUT2D eigenvalue weighted by Gasteiger charge is -2.08. The molecule has 0 amide bonds. The van der Waals surface area contributed by atoms with E-state index in [1.54, 1.807) is 6.92 Å². The molecule has 78 valence electrons. The molecule has 0 fully saturated rings. The Bertz CT molecular complexity index is 427. The van der Waals surface area contributed by atoms with Crippen LogP contribution >= 0.6 is 0 Å². The first-order valence-electron chi connectivity index (χ1n) is 3.95. The van der Waals surface area contributed by atoms with Gasteiger partial charge in [0.05, 0.1) is 6.61 Å². The Morgan fingerprint density at radius 1 is 1.50 bits per heavy atom. The number of anilines is 1. The van der Waals surface area contributed by atoms with Crippen molar-refractivity contribution in [1.82, 2.24) is 0 Å². The highest BCUT2D eigenvalue weighted by molar-refractivity contribution is 7.86. The molecule has 0 saturated heterocycles. The van der Waals surface area contributed by atoms with Crippen molar-refractivity contribution in [2.24, 2.45) is 0 Å². The van der Waals surface area contributed by atoms with Crippen molar-refractivity contribution in [3.63, 3.8) is 0 Å². The van der Waals surface area contributed by atoms with E-state index in [0.29, 0.717) is 12.3 Å². The standard InChI is InChI=1S/C8H11NO4S/c1-2-13-7-5-6(9)3-4-8(7)14(10,11)12/h3-5H,2,9H2,1H3,(H,10,11,12). The van der Waals surface area contributed by atoms with Gasteiger partial charge in [-0.3, -0.25) is 4.55 Å². The fourth-order valence-electron chi connectivity index (χ4n) is 1.01. The first-order valence-corrected chi connectivity index (χ1v) is 5.39. The van der Waals surface area contributed by atoms with Crippen LogP contribution in [0.5, 0.6) is 5.75 Å².